The molecule has 0 aliphatic carbocycles. The Hall–Kier alpha value is -1.51. The van der Waals surface area contributed by atoms with Gasteiger partial charge in [-0.25, -0.2) is 0 Å². The van der Waals surface area contributed by atoms with Crippen molar-refractivity contribution in [1.29, 1.82) is 0 Å². The fraction of sp³-hybridized carbons (Fsp3) is 0.235. The van der Waals surface area contributed by atoms with Crippen molar-refractivity contribution in [2.45, 2.75) is 25.9 Å². The molecule has 1 heterocycles. The molecule has 0 spiro atoms. The highest BCUT2D eigenvalue weighted by Gasteiger charge is 2.30. The van der Waals surface area contributed by atoms with E-state index in [1.807, 2.05) is 26.0 Å². The van der Waals surface area contributed by atoms with Crippen LogP contribution in [0.5, 0.6) is 5.75 Å². The zero-order chi connectivity index (χ0) is 15.2. The van der Waals surface area contributed by atoms with Gasteiger partial charge in [-0.05, 0) is 55.8 Å². The van der Waals surface area contributed by atoms with E-state index in [2.05, 4.69) is 0 Å². The highest BCUT2D eigenvalue weighted by molar-refractivity contribution is 6.42. The summed E-state index contributed by atoms with van der Waals surface area (Å²) in [5.41, 5.74) is 2.01. The Morgan fingerprint density at radius 3 is 2.43 bits per heavy atom. The molecule has 0 unspecified atom stereocenters. The summed E-state index contributed by atoms with van der Waals surface area (Å²) in [5.74, 6) is 0.784. The number of halogens is 2. The zero-order valence-corrected chi connectivity index (χ0v) is 13.3. The second-order valence-electron chi connectivity index (χ2n) is 5.82. The first-order valence-electron chi connectivity index (χ1n) is 6.67. The third-order valence-corrected chi connectivity index (χ3v) is 4.25. The van der Waals surface area contributed by atoms with Gasteiger partial charge in [0.25, 0.3) is 0 Å². The maximum absolute atomic E-state index is 12.5. The van der Waals surface area contributed by atoms with Crippen molar-refractivity contribution in [2.75, 3.05) is 0 Å². The molecule has 3 rings (SSSR count). The summed E-state index contributed by atoms with van der Waals surface area (Å²) in [7, 11) is 0. The third kappa shape index (κ3) is 2.78. The van der Waals surface area contributed by atoms with Crippen LogP contribution in [0.15, 0.2) is 36.4 Å². The van der Waals surface area contributed by atoms with Gasteiger partial charge >= 0.3 is 0 Å². The van der Waals surface area contributed by atoms with Crippen LogP contribution in [0.4, 0.5) is 0 Å². The van der Waals surface area contributed by atoms with E-state index in [0.29, 0.717) is 21.2 Å². The summed E-state index contributed by atoms with van der Waals surface area (Å²) >= 11 is 11.9. The predicted molar refractivity (Wildman–Crippen MR) is 84.7 cm³/mol. The molecule has 0 amide bonds. The Bertz CT molecular complexity index is 736. The molecular weight excluding hydrogens is 307 g/mol. The molecule has 0 aromatic heterocycles. The van der Waals surface area contributed by atoms with Crippen molar-refractivity contribution < 1.29 is 9.53 Å². The molecule has 0 atom stereocenters. The minimum absolute atomic E-state index is 0.0685. The summed E-state index contributed by atoms with van der Waals surface area (Å²) in [5, 5.41) is 0.825. The van der Waals surface area contributed by atoms with Gasteiger partial charge in [0.15, 0.2) is 5.78 Å². The van der Waals surface area contributed by atoms with E-state index in [4.69, 9.17) is 27.9 Å². The quantitative estimate of drug-likeness (QED) is 0.733. The lowest BCUT2D eigenvalue weighted by Gasteiger charge is -2.16. The minimum Gasteiger partial charge on any atom is -0.487 e. The molecule has 4 heteroatoms. The smallest absolute Gasteiger partial charge is 0.193 e. The highest BCUT2D eigenvalue weighted by atomic mass is 35.5. The van der Waals surface area contributed by atoms with Gasteiger partial charge in [-0.2, -0.15) is 0 Å². The molecule has 0 saturated heterocycles. The molecule has 0 saturated carbocycles. The van der Waals surface area contributed by atoms with Gasteiger partial charge < -0.3 is 4.74 Å². The second kappa shape index (κ2) is 5.04. The molecule has 1 aliphatic rings. The summed E-state index contributed by atoms with van der Waals surface area (Å²) < 4.78 is 5.82. The van der Waals surface area contributed by atoms with Crippen molar-refractivity contribution >= 4 is 29.0 Å². The lowest BCUT2D eigenvalue weighted by atomic mass is 9.97. The van der Waals surface area contributed by atoms with Gasteiger partial charge in [0, 0.05) is 17.5 Å². The number of benzene rings is 2. The first-order chi connectivity index (χ1) is 9.85. The van der Waals surface area contributed by atoms with Crippen molar-refractivity contribution in [2.24, 2.45) is 0 Å². The van der Waals surface area contributed by atoms with E-state index in [0.717, 1.165) is 17.7 Å². The first-order valence-corrected chi connectivity index (χ1v) is 7.43. The van der Waals surface area contributed by atoms with Crippen LogP contribution in [-0.4, -0.2) is 11.4 Å². The standard InChI is InChI=1S/C17H14Cl2O2/c1-17(2)9-12-7-10(4-6-15(12)21-17)16(20)11-3-5-13(18)14(19)8-11/h3-8H,9H2,1-2H3. The molecular formula is C17H14Cl2O2. The number of hydrogen-bond donors (Lipinski definition) is 0. The molecule has 2 aromatic carbocycles. The van der Waals surface area contributed by atoms with Crippen LogP contribution < -0.4 is 4.74 Å². The highest BCUT2D eigenvalue weighted by Crippen LogP contribution is 2.35. The Labute approximate surface area is 133 Å². The zero-order valence-electron chi connectivity index (χ0n) is 11.7. The first kappa shape index (κ1) is 14.4. The van der Waals surface area contributed by atoms with E-state index >= 15 is 0 Å². The van der Waals surface area contributed by atoms with Crippen LogP contribution >= 0.6 is 23.2 Å². The van der Waals surface area contributed by atoms with E-state index in [9.17, 15) is 4.79 Å². The maximum Gasteiger partial charge on any atom is 0.193 e. The molecule has 2 nitrogen and oxygen atoms in total. The monoisotopic (exact) mass is 320 g/mol. The average Bonchev–Trinajstić information content (AvgIpc) is 2.73. The average molecular weight is 321 g/mol. The topological polar surface area (TPSA) is 26.3 Å². The third-order valence-electron chi connectivity index (χ3n) is 3.51. The largest absolute Gasteiger partial charge is 0.487 e. The Morgan fingerprint density at radius 2 is 1.71 bits per heavy atom. The number of ether oxygens (including phenoxy) is 1. The lowest BCUT2D eigenvalue weighted by Crippen LogP contribution is -2.24. The van der Waals surface area contributed by atoms with Gasteiger partial charge in [-0.3, -0.25) is 4.79 Å². The number of ketones is 1. The van der Waals surface area contributed by atoms with E-state index < -0.39 is 0 Å². The summed E-state index contributed by atoms with van der Waals surface area (Å²) in [6, 6.07) is 10.5. The fourth-order valence-electron chi connectivity index (χ4n) is 2.55. The Morgan fingerprint density at radius 1 is 1.05 bits per heavy atom. The summed E-state index contributed by atoms with van der Waals surface area (Å²) in [6.45, 7) is 4.07. The molecule has 0 bridgehead atoms. The molecule has 0 fully saturated rings. The van der Waals surface area contributed by atoms with Crippen LogP contribution in [-0.2, 0) is 6.42 Å². The van der Waals surface area contributed by atoms with Gasteiger partial charge in [0.2, 0.25) is 0 Å². The number of carbonyl (C=O) groups excluding carboxylic acids is 1. The normalized spacial score (nSPS) is 15.4. The van der Waals surface area contributed by atoms with Gasteiger partial charge in [-0.15, -0.1) is 0 Å². The van der Waals surface area contributed by atoms with Crippen molar-refractivity contribution in [3.63, 3.8) is 0 Å². The molecule has 1 aliphatic heterocycles. The minimum atomic E-state index is -0.215. The molecule has 21 heavy (non-hydrogen) atoms. The number of rotatable bonds is 2. The van der Waals surface area contributed by atoms with Crippen molar-refractivity contribution in [3.05, 3.63) is 63.1 Å². The van der Waals surface area contributed by atoms with Crippen LogP contribution in [0.25, 0.3) is 0 Å². The SMILES string of the molecule is CC1(C)Cc2cc(C(=O)c3ccc(Cl)c(Cl)c3)ccc2O1. The fourth-order valence-corrected chi connectivity index (χ4v) is 2.85. The molecule has 0 N–H and O–H groups in total. The second-order valence-corrected chi connectivity index (χ2v) is 6.63. The number of fused-ring (bicyclic) bond motifs is 1. The lowest BCUT2D eigenvalue weighted by molar-refractivity contribution is 0.103. The Balaban J connectivity index is 1.95. The summed E-state index contributed by atoms with van der Waals surface area (Å²) in [4.78, 5) is 12.5. The van der Waals surface area contributed by atoms with E-state index in [1.54, 1.807) is 24.3 Å². The van der Waals surface area contributed by atoms with Crippen LogP contribution in [0.1, 0.15) is 35.3 Å². The van der Waals surface area contributed by atoms with Gasteiger partial charge in [0.1, 0.15) is 11.4 Å². The molecule has 108 valence electrons. The Kier molecular flexibility index (Phi) is 3.46. The number of carbonyl (C=O) groups is 1. The van der Waals surface area contributed by atoms with Gasteiger partial charge in [0.05, 0.1) is 10.0 Å². The van der Waals surface area contributed by atoms with Crippen molar-refractivity contribution in [1.82, 2.24) is 0 Å². The van der Waals surface area contributed by atoms with Crippen LogP contribution in [0, 0.1) is 0 Å². The predicted octanol–water partition coefficient (Wildman–Crippen LogP) is 4.94. The molecule has 0 radical (unpaired) electrons. The number of hydrogen-bond acceptors (Lipinski definition) is 2. The van der Waals surface area contributed by atoms with Crippen LogP contribution in [0.3, 0.4) is 0 Å². The van der Waals surface area contributed by atoms with E-state index in [-0.39, 0.29) is 11.4 Å². The van der Waals surface area contributed by atoms with E-state index in [1.165, 1.54) is 0 Å². The maximum atomic E-state index is 12.5. The van der Waals surface area contributed by atoms with Crippen molar-refractivity contribution in [3.8, 4) is 5.75 Å². The summed E-state index contributed by atoms with van der Waals surface area (Å²) in [6.07, 6.45) is 0.796. The van der Waals surface area contributed by atoms with Gasteiger partial charge in [-0.1, -0.05) is 23.2 Å². The molecule has 2 aromatic rings. The van der Waals surface area contributed by atoms with Crippen LogP contribution in [0.2, 0.25) is 10.0 Å².